The number of nitrogens with zero attached hydrogens (tertiary/aromatic N) is 8. The van der Waals surface area contributed by atoms with Crippen LogP contribution >= 0.6 is 6.72 Å². The quantitative estimate of drug-likeness (QED) is 0.0227. The van der Waals surface area contributed by atoms with Crippen molar-refractivity contribution in [2.45, 2.75) is 147 Å². The first kappa shape index (κ1) is 58.3. The van der Waals surface area contributed by atoms with E-state index in [0.29, 0.717) is 5.56 Å². The molecule has 0 spiro atoms. The van der Waals surface area contributed by atoms with Crippen LogP contribution in [0.2, 0.25) is 36.3 Å². The number of carboxylic acid groups (broad SMARTS) is 1. The highest BCUT2D eigenvalue weighted by Gasteiger charge is 2.56. The van der Waals surface area contributed by atoms with Gasteiger partial charge in [0, 0.05) is 11.5 Å². The van der Waals surface area contributed by atoms with Gasteiger partial charge in [-0.25, -0.2) is 24.7 Å². The van der Waals surface area contributed by atoms with E-state index >= 15 is 0 Å². The monoisotopic (exact) mass is 1130 g/mol. The zero-order chi connectivity index (χ0) is 55.7. The van der Waals surface area contributed by atoms with E-state index in [-0.39, 0.29) is 52.2 Å². The minimum absolute atomic E-state index is 0.0193. The summed E-state index contributed by atoms with van der Waals surface area (Å²) in [5.74, 6) is -1.41. The Kier molecular flexibility index (Phi) is 17.5. The topological polar surface area (TPSA) is 321 Å². The molecule has 6 heterocycles. The number of nitrogens with one attached hydrogen (secondary N) is 3. The number of hydrogen-bond donors (Lipinski definition) is 5. The second kappa shape index (κ2) is 22.9. The molecule has 0 saturated carbocycles. The number of aliphatic hydroxyl groups excluding tert-OH is 1. The molecule has 1 aromatic carbocycles. The molecule has 7 rings (SSSR count). The van der Waals surface area contributed by atoms with Crippen LogP contribution in [0.3, 0.4) is 0 Å². The highest BCUT2D eigenvalue weighted by Crippen LogP contribution is 2.56. The van der Waals surface area contributed by atoms with Crippen LogP contribution in [0.5, 0.6) is 0 Å². The summed E-state index contributed by atoms with van der Waals surface area (Å²) in [6.45, 7) is 17.9. The number of nitriles is 1. The lowest BCUT2D eigenvalue weighted by Gasteiger charge is -2.41. The lowest BCUT2D eigenvalue weighted by molar-refractivity contribution is -0.118. The van der Waals surface area contributed by atoms with Gasteiger partial charge in [-0.3, -0.25) is 38.3 Å². The number of amides is 2. The highest BCUT2D eigenvalue weighted by molar-refractivity contribution is 8.07. The van der Waals surface area contributed by atoms with E-state index < -0.39 is 120 Å². The van der Waals surface area contributed by atoms with Crippen LogP contribution in [0.1, 0.15) is 84.6 Å². The van der Waals surface area contributed by atoms with Crippen LogP contribution in [0.25, 0.3) is 22.3 Å². The number of hydrogen-bond acceptors (Lipinski definition) is 20. The zero-order valence-corrected chi connectivity index (χ0v) is 48.1. The molecule has 2 aliphatic rings. The van der Waals surface area contributed by atoms with Gasteiger partial charge >= 0.3 is 12.9 Å². The van der Waals surface area contributed by atoms with Gasteiger partial charge in [0.1, 0.15) is 36.8 Å². The minimum Gasteiger partial charge on any atom is -0.450 e. The van der Waals surface area contributed by atoms with Crippen molar-refractivity contribution in [1.29, 1.82) is 5.26 Å². The standard InChI is InChI=1S/C47H66N11O14PSSi2/c1-26(2)39(60)55-44-54-38-31(41(62)56-44)52-25-58(38)43-35(32(28(21-59)67-43)71-75(9,10)46(3,4)5)70-73(74,65-20-16-19-48)66-22-29-33(72-76(11,12)47(6,7)8)34(69-45(63)64)42(68-29)57-24-51-30-36(49-23-50-37(30)57)53-40(61)27-17-14-13-15-18-27/h13-15,17-18,23-26,28-29,32-35,42-43,59H,16,20-22H2,1-12H3,(H,63,64)(H,49,50,53,61)(H2,54,55,56,60,62)/t28-,29-,32?,33?,34+,35+,42-,43-,73?/m1/s1. The first-order valence-corrected chi connectivity index (χ1v) is 32.9. The predicted molar refractivity (Wildman–Crippen MR) is 285 cm³/mol. The van der Waals surface area contributed by atoms with E-state index in [4.69, 9.17) is 48.4 Å². The summed E-state index contributed by atoms with van der Waals surface area (Å²) in [7, 11) is -5.62. The minimum atomic E-state index is -4.19. The molecule has 5 N–H and O–H groups in total. The number of aliphatic hydroxyl groups is 1. The van der Waals surface area contributed by atoms with Crippen molar-refractivity contribution in [2.24, 2.45) is 5.92 Å². The number of carbonyl (C=O) groups excluding carboxylic acids is 2. The van der Waals surface area contributed by atoms with Gasteiger partial charge in [-0.15, -0.1) is 0 Å². The third-order valence-electron chi connectivity index (χ3n) is 13.9. The summed E-state index contributed by atoms with van der Waals surface area (Å²) < 4.78 is 55.6. The van der Waals surface area contributed by atoms with Crippen LogP contribution < -0.4 is 16.2 Å². The van der Waals surface area contributed by atoms with Gasteiger partial charge in [-0.1, -0.05) is 73.6 Å². The molecule has 412 valence electrons. The van der Waals surface area contributed by atoms with E-state index in [1.807, 2.05) is 73.8 Å². The average Bonchev–Trinajstić information content (AvgIpc) is 4.12. The second-order valence-electron chi connectivity index (χ2n) is 21.7. The van der Waals surface area contributed by atoms with E-state index in [0.717, 1.165) is 0 Å². The normalized spacial score (nSPS) is 23.2. The Bertz CT molecular complexity index is 3070. The molecule has 2 amide bonds. The number of H-pyrrole nitrogens is 1. The summed E-state index contributed by atoms with van der Waals surface area (Å²) in [5.41, 5.74) is -0.114. The number of imidazole rings is 2. The third kappa shape index (κ3) is 12.6. The number of aromatic nitrogens is 8. The fourth-order valence-corrected chi connectivity index (χ4v) is 12.5. The third-order valence-corrected chi connectivity index (χ3v) is 25.2. The summed E-state index contributed by atoms with van der Waals surface area (Å²) in [4.78, 5) is 76.8. The number of anilines is 2. The molecular weight excluding hydrogens is 1060 g/mol. The maximum absolute atomic E-state index is 13.4. The molecule has 3 unspecified atom stereocenters. The van der Waals surface area contributed by atoms with Gasteiger partial charge in [0.15, 0.2) is 63.3 Å². The van der Waals surface area contributed by atoms with Crippen molar-refractivity contribution in [3.05, 3.63) is 65.2 Å². The number of benzene rings is 1. The second-order valence-corrected chi connectivity index (χ2v) is 34.1. The summed E-state index contributed by atoms with van der Waals surface area (Å²) in [6, 6.07) is 10.5. The maximum atomic E-state index is 13.4. The molecule has 0 bridgehead atoms. The molecule has 2 saturated heterocycles. The Labute approximate surface area is 445 Å². The van der Waals surface area contributed by atoms with Gasteiger partial charge in [-0.2, -0.15) is 10.2 Å². The van der Waals surface area contributed by atoms with Crippen LogP contribution in [-0.4, -0.2) is 140 Å². The lowest BCUT2D eigenvalue weighted by atomic mass is 10.1. The summed E-state index contributed by atoms with van der Waals surface area (Å²) in [5, 5.41) is 35.5. The van der Waals surface area contributed by atoms with Crippen molar-refractivity contribution < 1.29 is 61.2 Å². The smallest absolute Gasteiger partial charge is 0.450 e. The number of ether oxygens (including phenoxy) is 3. The number of fused-ring (bicyclic) bond motifs is 2. The Morgan fingerprint density at radius 2 is 1.45 bits per heavy atom. The average molecular weight is 1130 g/mol. The Balaban J connectivity index is 1.30. The molecule has 29 heteroatoms. The van der Waals surface area contributed by atoms with E-state index in [1.54, 1.807) is 44.2 Å². The lowest BCUT2D eigenvalue weighted by Crippen LogP contribution is -2.51. The van der Waals surface area contributed by atoms with E-state index in [9.17, 15) is 34.7 Å². The molecule has 0 radical (unpaired) electrons. The van der Waals surface area contributed by atoms with Gasteiger partial charge in [0.25, 0.3) is 11.5 Å². The maximum Gasteiger partial charge on any atom is 0.506 e. The Morgan fingerprint density at radius 1 is 0.855 bits per heavy atom. The van der Waals surface area contributed by atoms with Crippen LogP contribution in [0.15, 0.2) is 54.1 Å². The van der Waals surface area contributed by atoms with Crippen molar-refractivity contribution in [3.63, 3.8) is 0 Å². The molecule has 9 atom stereocenters. The van der Waals surface area contributed by atoms with E-state index in [2.05, 4.69) is 40.5 Å². The number of rotatable bonds is 20. The summed E-state index contributed by atoms with van der Waals surface area (Å²) >= 11 is 6.23. The van der Waals surface area contributed by atoms with Crippen molar-refractivity contribution >= 4 is 87.2 Å². The fraction of sp³-hybridized carbons (Fsp3) is 0.574. The summed E-state index contributed by atoms with van der Waals surface area (Å²) in [6.07, 6.45) is -7.70. The Hall–Kier alpha value is -5.42. The first-order chi connectivity index (χ1) is 35.6. The van der Waals surface area contributed by atoms with Crippen LogP contribution in [0.4, 0.5) is 16.6 Å². The Morgan fingerprint density at radius 3 is 2.04 bits per heavy atom. The molecule has 0 aliphatic carbocycles. The zero-order valence-electron chi connectivity index (χ0n) is 44.4. The largest absolute Gasteiger partial charge is 0.506 e. The predicted octanol–water partition coefficient (Wildman–Crippen LogP) is 6.99. The van der Waals surface area contributed by atoms with Crippen molar-refractivity contribution in [2.75, 3.05) is 30.5 Å². The molecule has 2 aliphatic heterocycles. The highest BCUT2D eigenvalue weighted by atomic mass is 32.5. The van der Waals surface area contributed by atoms with Gasteiger partial charge in [0.05, 0.1) is 45.0 Å². The van der Waals surface area contributed by atoms with Gasteiger partial charge in [0.2, 0.25) is 11.9 Å². The van der Waals surface area contributed by atoms with E-state index in [1.165, 1.54) is 28.1 Å². The van der Waals surface area contributed by atoms with Crippen LogP contribution in [0, 0.1) is 17.2 Å². The molecule has 25 nitrogen and oxygen atoms in total. The van der Waals surface area contributed by atoms with Crippen molar-refractivity contribution in [1.82, 2.24) is 39.0 Å². The molecule has 2 fully saturated rings. The van der Waals surface area contributed by atoms with Crippen LogP contribution in [-0.2, 0) is 53.2 Å². The van der Waals surface area contributed by atoms with Gasteiger partial charge in [-0.05, 0) is 60.2 Å². The fourth-order valence-electron chi connectivity index (χ4n) is 7.76. The molecule has 76 heavy (non-hydrogen) atoms. The van der Waals surface area contributed by atoms with Gasteiger partial charge < -0.3 is 47.6 Å². The first-order valence-electron chi connectivity index (χ1n) is 24.5. The molecular formula is C47H66N11O14PSSi2. The van der Waals surface area contributed by atoms with Crippen molar-refractivity contribution in [3.8, 4) is 6.07 Å². The number of carbonyl (C=O) groups is 3. The molecule has 4 aromatic heterocycles. The SMILES string of the molecule is CC(C)C(=O)Nc1nc2c(ncn2[C@@H]2O[C@H](CO)C(O[Si](C)(C)C(C)(C)C)[C@@H]2OP(=S)(OCCC#N)OC[C@H]2O[C@@H](n3cnc4c(NC(=O)c5ccccc5)ncnc43)[C@@H](OC(=O)O)C2O[Si](C)(C)C(C)(C)C)c(=O)[nH]1. The molecule has 5 aromatic rings. The number of aromatic amines is 1.